The van der Waals surface area contributed by atoms with Crippen LogP contribution in [0.4, 0.5) is 0 Å². The molecule has 2 unspecified atom stereocenters. The third-order valence-corrected chi connectivity index (χ3v) is 4.21. The second-order valence-corrected chi connectivity index (χ2v) is 5.77. The molecule has 1 fully saturated rings. The van der Waals surface area contributed by atoms with Crippen LogP contribution < -0.4 is 5.32 Å². The van der Waals surface area contributed by atoms with Crippen LogP contribution in [-0.4, -0.2) is 38.7 Å². The van der Waals surface area contributed by atoms with Gasteiger partial charge in [-0.2, -0.15) is 0 Å². The summed E-state index contributed by atoms with van der Waals surface area (Å²) in [6.07, 6.45) is 2.51. The first-order chi connectivity index (χ1) is 9.80. The first-order valence-corrected chi connectivity index (χ1v) is 7.76. The van der Waals surface area contributed by atoms with Gasteiger partial charge in [-0.3, -0.25) is 4.90 Å². The SMILES string of the molecule is CCCN1CCC(CNC)C1c1cccc(COC)c1. The fourth-order valence-electron chi connectivity index (χ4n) is 3.46. The lowest BCUT2D eigenvalue weighted by atomic mass is 9.92. The van der Waals surface area contributed by atoms with Crippen molar-refractivity contribution in [1.82, 2.24) is 10.2 Å². The number of nitrogens with zero attached hydrogens (tertiary/aromatic N) is 1. The average molecular weight is 276 g/mol. The molecule has 1 aromatic rings. The number of methoxy groups -OCH3 is 1. The Hall–Kier alpha value is -0.900. The first kappa shape index (κ1) is 15.5. The van der Waals surface area contributed by atoms with Gasteiger partial charge in [-0.05, 0) is 56.6 Å². The van der Waals surface area contributed by atoms with Gasteiger partial charge in [0.05, 0.1) is 6.61 Å². The van der Waals surface area contributed by atoms with Gasteiger partial charge < -0.3 is 10.1 Å². The molecule has 3 heteroatoms. The Morgan fingerprint density at radius 3 is 2.95 bits per heavy atom. The van der Waals surface area contributed by atoms with E-state index in [2.05, 4.69) is 48.5 Å². The molecule has 1 N–H and O–H groups in total. The van der Waals surface area contributed by atoms with Crippen molar-refractivity contribution in [2.45, 2.75) is 32.4 Å². The second-order valence-electron chi connectivity index (χ2n) is 5.77. The maximum Gasteiger partial charge on any atom is 0.0713 e. The normalized spacial score (nSPS) is 23.4. The third-order valence-electron chi connectivity index (χ3n) is 4.21. The van der Waals surface area contributed by atoms with Crippen LogP contribution in [0.2, 0.25) is 0 Å². The number of hydrogen-bond donors (Lipinski definition) is 1. The van der Waals surface area contributed by atoms with Crippen LogP contribution >= 0.6 is 0 Å². The third kappa shape index (κ3) is 3.60. The molecule has 1 aromatic carbocycles. The smallest absolute Gasteiger partial charge is 0.0713 e. The van der Waals surface area contributed by atoms with Crippen molar-refractivity contribution in [3.8, 4) is 0 Å². The Bertz CT molecular complexity index is 394. The summed E-state index contributed by atoms with van der Waals surface area (Å²) in [5.74, 6) is 0.712. The summed E-state index contributed by atoms with van der Waals surface area (Å²) in [5.41, 5.74) is 2.72. The Kier molecular flexibility index (Phi) is 6.02. The zero-order valence-corrected chi connectivity index (χ0v) is 13.1. The summed E-state index contributed by atoms with van der Waals surface area (Å²) < 4.78 is 5.27. The lowest BCUT2D eigenvalue weighted by Crippen LogP contribution is -2.29. The molecule has 112 valence electrons. The summed E-state index contributed by atoms with van der Waals surface area (Å²) in [5, 5.41) is 3.36. The standard InChI is InChI=1S/C17H28N2O/c1-4-9-19-10-8-16(12-18-2)17(19)15-7-5-6-14(11-15)13-20-3/h5-7,11,16-18H,4,8-10,12-13H2,1-3H3. The Labute approximate surface area is 123 Å². The van der Waals surface area contributed by atoms with Gasteiger partial charge in [-0.15, -0.1) is 0 Å². The number of nitrogens with one attached hydrogen (secondary N) is 1. The number of benzene rings is 1. The molecule has 2 atom stereocenters. The van der Waals surface area contributed by atoms with E-state index in [4.69, 9.17) is 4.74 Å². The molecule has 0 radical (unpaired) electrons. The van der Waals surface area contributed by atoms with Crippen LogP contribution in [0, 0.1) is 5.92 Å². The van der Waals surface area contributed by atoms with E-state index in [0.29, 0.717) is 18.6 Å². The highest BCUT2D eigenvalue weighted by molar-refractivity contribution is 5.27. The van der Waals surface area contributed by atoms with Gasteiger partial charge >= 0.3 is 0 Å². The van der Waals surface area contributed by atoms with E-state index >= 15 is 0 Å². The van der Waals surface area contributed by atoms with Gasteiger partial charge in [0.1, 0.15) is 0 Å². The molecule has 0 amide bonds. The largest absolute Gasteiger partial charge is 0.380 e. The van der Waals surface area contributed by atoms with Gasteiger partial charge in [0.25, 0.3) is 0 Å². The molecule has 0 saturated carbocycles. The van der Waals surface area contributed by atoms with Crippen molar-refractivity contribution in [3.05, 3.63) is 35.4 Å². The van der Waals surface area contributed by atoms with E-state index in [-0.39, 0.29) is 0 Å². The van der Waals surface area contributed by atoms with E-state index in [1.54, 1.807) is 7.11 Å². The fourth-order valence-corrected chi connectivity index (χ4v) is 3.46. The molecule has 1 aliphatic rings. The predicted molar refractivity (Wildman–Crippen MR) is 83.8 cm³/mol. The molecule has 0 aromatic heterocycles. The predicted octanol–water partition coefficient (Wildman–Crippen LogP) is 2.83. The minimum atomic E-state index is 0.555. The molecule has 0 aliphatic carbocycles. The lowest BCUT2D eigenvalue weighted by molar-refractivity contribution is 0.184. The van der Waals surface area contributed by atoms with Crippen LogP contribution in [0.5, 0.6) is 0 Å². The Balaban J connectivity index is 2.21. The summed E-state index contributed by atoms with van der Waals surface area (Å²) in [6.45, 7) is 6.48. The van der Waals surface area contributed by atoms with Crippen LogP contribution in [0.3, 0.4) is 0 Å². The van der Waals surface area contributed by atoms with Gasteiger partial charge in [0.2, 0.25) is 0 Å². The van der Waals surface area contributed by atoms with Crippen LogP contribution in [-0.2, 0) is 11.3 Å². The van der Waals surface area contributed by atoms with E-state index in [1.807, 2.05) is 0 Å². The van der Waals surface area contributed by atoms with Crippen LogP contribution in [0.1, 0.15) is 36.9 Å². The number of ether oxygens (including phenoxy) is 1. The van der Waals surface area contributed by atoms with E-state index in [0.717, 1.165) is 6.54 Å². The molecule has 20 heavy (non-hydrogen) atoms. The van der Waals surface area contributed by atoms with E-state index < -0.39 is 0 Å². The zero-order valence-electron chi connectivity index (χ0n) is 13.1. The number of hydrogen-bond acceptors (Lipinski definition) is 3. The van der Waals surface area contributed by atoms with Crippen molar-refractivity contribution in [1.29, 1.82) is 0 Å². The molecule has 2 rings (SSSR count). The van der Waals surface area contributed by atoms with Crippen molar-refractivity contribution in [2.24, 2.45) is 5.92 Å². The Morgan fingerprint density at radius 2 is 2.25 bits per heavy atom. The summed E-state index contributed by atoms with van der Waals surface area (Å²) in [7, 11) is 3.82. The van der Waals surface area contributed by atoms with Gasteiger partial charge in [-0.1, -0.05) is 31.2 Å². The molecular formula is C17H28N2O. The summed E-state index contributed by atoms with van der Waals surface area (Å²) in [6, 6.07) is 9.48. The van der Waals surface area contributed by atoms with Gasteiger partial charge in [-0.25, -0.2) is 0 Å². The van der Waals surface area contributed by atoms with Gasteiger partial charge in [0, 0.05) is 13.2 Å². The maximum absolute atomic E-state index is 5.27. The minimum Gasteiger partial charge on any atom is -0.380 e. The number of likely N-dealkylation sites (tertiary alicyclic amines) is 1. The molecular weight excluding hydrogens is 248 g/mol. The average Bonchev–Trinajstić information content (AvgIpc) is 2.83. The van der Waals surface area contributed by atoms with Crippen LogP contribution in [0.25, 0.3) is 0 Å². The van der Waals surface area contributed by atoms with Crippen LogP contribution in [0.15, 0.2) is 24.3 Å². The first-order valence-electron chi connectivity index (χ1n) is 7.76. The van der Waals surface area contributed by atoms with Gasteiger partial charge in [0.15, 0.2) is 0 Å². The van der Waals surface area contributed by atoms with Crippen molar-refractivity contribution in [2.75, 3.05) is 33.8 Å². The fraction of sp³-hybridized carbons (Fsp3) is 0.647. The summed E-state index contributed by atoms with van der Waals surface area (Å²) in [4.78, 5) is 2.65. The summed E-state index contributed by atoms with van der Waals surface area (Å²) >= 11 is 0. The molecule has 0 spiro atoms. The molecule has 3 nitrogen and oxygen atoms in total. The van der Waals surface area contributed by atoms with Crippen molar-refractivity contribution < 1.29 is 4.74 Å². The maximum atomic E-state index is 5.27. The molecule has 1 heterocycles. The highest BCUT2D eigenvalue weighted by atomic mass is 16.5. The second kappa shape index (κ2) is 7.77. The lowest BCUT2D eigenvalue weighted by Gasteiger charge is -2.29. The van der Waals surface area contributed by atoms with E-state index in [1.165, 1.54) is 37.1 Å². The van der Waals surface area contributed by atoms with E-state index in [9.17, 15) is 0 Å². The van der Waals surface area contributed by atoms with Crippen molar-refractivity contribution in [3.63, 3.8) is 0 Å². The highest BCUT2D eigenvalue weighted by Gasteiger charge is 2.34. The zero-order chi connectivity index (χ0) is 14.4. The monoisotopic (exact) mass is 276 g/mol. The highest BCUT2D eigenvalue weighted by Crippen LogP contribution is 2.37. The molecule has 1 aliphatic heterocycles. The Morgan fingerprint density at radius 1 is 1.40 bits per heavy atom. The minimum absolute atomic E-state index is 0.555. The quantitative estimate of drug-likeness (QED) is 0.829. The number of rotatable bonds is 7. The van der Waals surface area contributed by atoms with Crippen molar-refractivity contribution >= 4 is 0 Å². The molecule has 1 saturated heterocycles. The molecule has 0 bridgehead atoms. The topological polar surface area (TPSA) is 24.5 Å².